The van der Waals surface area contributed by atoms with Gasteiger partial charge in [0.05, 0.1) is 6.10 Å². The maximum Gasteiger partial charge on any atom is 0.315 e. The lowest BCUT2D eigenvalue weighted by molar-refractivity contribution is 0.168. The Morgan fingerprint density at radius 2 is 2.29 bits per heavy atom. The van der Waals surface area contributed by atoms with Crippen LogP contribution in [0.4, 0.5) is 4.79 Å². The van der Waals surface area contributed by atoms with Crippen molar-refractivity contribution in [1.29, 1.82) is 0 Å². The Morgan fingerprint density at radius 3 is 2.90 bits per heavy atom. The minimum atomic E-state index is -0.631. The lowest BCUT2D eigenvalue weighted by Crippen LogP contribution is -2.48. The summed E-state index contributed by atoms with van der Waals surface area (Å²) in [5.41, 5.74) is 0.855. The van der Waals surface area contributed by atoms with Crippen LogP contribution >= 0.6 is 11.3 Å². The summed E-state index contributed by atoms with van der Waals surface area (Å²) in [5.74, 6) is 0. The van der Waals surface area contributed by atoms with Crippen LogP contribution in [0, 0.1) is 0 Å². The number of carbonyl (C=O) groups is 1. The molecule has 0 aliphatic carbocycles. The molecular formula is C15H25N3O2S. The number of thiophene rings is 1. The summed E-state index contributed by atoms with van der Waals surface area (Å²) in [6.45, 7) is 5.69. The number of likely N-dealkylation sites (tertiary alicyclic amines) is 1. The van der Waals surface area contributed by atoms with E-state index < -0.39 is 6.10 Å². The van der Waals surface area contributed by atoms with Crippen LogP contribution < -0.4 is 10.6 Å². The third-order valence-corrected chi connectivity index (χ3v) is 4.55. The van der Waals surface area contributed by atoms with Gasteiger partial charge in [-0.1, -0.05) is 6.92 Å². The molecule has 0 radical (unpaired) electrons. The third-order valence-electron chi connectivity index (χ3n) is 3.85. The van der Waals surface area contributed by atoms with Gasteiger partial charge in [0, 0.05) is 25.7 Å². The van der Waals surface area contributed by atoms with Gasteiger partial charge in [-0.05, 0) is 48.2 Å². The van der Waals surface area contributed by atoms with Gasteiger partial charge in [-0.3, -0.25) is 0 Å². The summed E-state index contributed by atoms with van der Waals surface area (Å²) in [7, 11) is 0. The molecule has 0 aromatic carbocycles. The van der Waals surface area contributed by atoms with Crippen LogP contribution in [0.25, 0.3) is 0 Å². The van der Waals surface area contributed by atoms with E-state index in [-0.39, 0.29) is 18.6 Å². The number of amides is 2. The molecule has 0 saturated carbocycles. The van der Waals surface area contributed by atoms with E-state index in [4.69, 9.17) is 0 Å². The highest BCUT2D eigenvalue weighted by Gasteiger charge is 2.20. The van der Waals surface area contributed by atoms with Gasteiger partial charge < -0.3 is 20.6 Å². The Bertz CT molecular complexity index is 417. The van der Waals surface area contributed by atoms with Crippen molar-refractivity contribution in [1.82, 2.24) is 15.5 Å². The van der Waals surface area contributed by atoms with Crippen molar-refractivity contribution in [2.45, 2.75) is 38.3 Å². The first-order valence-corrected chi connectivity index (χ1v) is 8.60. The van der Waals surface area contributed by atoms with Gasteiger partial charge >= 0.3 is 6.03 Å². The Labute approximate surface area is 130 Å². The van der Waals surface area contributed by atoms with Crippen molar-refractivity contribution >= 4 is 17.4 Å². The molecule has 1 fully saturated rings. The van der Waals surface area contributed by atoms with Crippen LogP contribution in [0.1, 0.15) is 37.9 Å². The van der Waals surface area contributed by atoms with Crippen molar-refractivity contribution in [2.24, 2.45) is 0 Å². The van der Waals surface area contributed by atoms with Crippen LogP contribution in [0.15, 0.2) is 16.8 Å². The van der Waals surface area contributed by atoms with E-state index in [0.29, 0.717) is 0 Å². The smallest absolute Gasteiger partial charge is 0.315 e. The molecule has 3 N–H and O–H groups in total. The van der Waals surface area contributed by atoms with Crippen LogP contribution in [0.5, 0.6) is 0 Å². The summed E-state index contributed by atoms with van der Waals surface area (Å²) in [4.78, 5) is 14.3. The molecule has 1 aliphatic rings. The average Bonchev–Trinajstić information content (AvgIpc) is 3.01. The predicted octanol–water partition coefficient (Wildman–Crippen LogP) is 1.96. The van der Waals surface area contributed by atoms with Crippen molar-refractivity contribution in [3.05, 3.63) is 22.4 Å². The molecule has 21 heavy (non-hydrogen) atoms. The number of urea groups is 1. The Kier molecular flexibility index (Phi) is 6.48. The first-order valence-electron chi connectivity index (χ1n) is 7.66. The fraction of sp³-hybridized carbons (Fsp3) is 0.667. The van der Waals surface area contributed by atoms with E-state index in [1.807, 2.05) is 16.8 Å². The molecule has 0 bridgehead atoms. The number of hydrogen-bond acceptors (Lipinski definition) is 4. The zero-order valence-corrected chi connectivity index (χ0v) is 13.4. The molecule has 1 aliphatic heterocycles. The highest BCUT2D eigenvalue weighted by atomic mass is 32.1. The second kappa shape index (κ2) is 8.36. The summed E-state index contributed by atoms with van der Waals surface area (Å²) in [6.07, 6.45) is 2.55. The maximum atomic E-state index is 11.8. The Balaban J connectivity index is 1.64. The van der Waals surface area contributed by atoms with Gasteiger partial charge in [0.15, 0.2) is 0 Å². The molecule has 2 amide bonds. The van der Waals surface area contributed by atoms with Crippen LogP contribution in [0.2, 0.25) is 0 Å². The number of carbonyl (C=O) groups excluding carboxylic acids is 1. The number of aliphatic hydroxyl groups excluding tert-OH is 1. The summed E-state index contributed by atoms with van der Waals surface area (Å²) < 4.78 is 0. The quantitative estimate of drug-likeness (QED) is 0.752. The molecule has 5 nitrogen and oxygen atoms in total. The molecule has 6 heteroatoms. The monoisotopic (exact) mass is 311 g/mol. The van der Waals surface area contributed by atoms with Crippen molar-refractivity contribution in [2.75, 3.05) is 26.2 Å². The van der Waals surface area contributed by atoms with Crippen molar-refractivity contribution in [3.8, 4) is 0 Å². The number of piperidine rings is 1. The summed E-state index contributed by atoms with van der Waals surface area (Å²) >= 11 is 1.54. The number of nitrogens with one attached hydrogen (secondary N) is 2. The van der Waals surface area contributed by atoms with Gasteiger partial charge in [0.1, 0.15) is 0 Å². The fourth-order valence-electron chi connectivity index (χ4n) is 2.63. The van der Waals surface area contributed by atoms with E-state index in [1.165, 1.54) is 6.42 Å². The second-order valence-electron chi connectivity index (χ2n) is 5.54. The standard InChI is InChI=1S/C15H25N3O2S/c1-2-6-18-7-3-13(4-8-18)17-15(20)16-10-14(19)12-5-9-21-11-12/h5,9,11,13-14,19H,2-4,6-8,10H2,1H3,(H2,16,17,20). The van der Waals surface area contributed by atoms with Crippen molar-refractivity contribution in [3.63, 3.8) is 0 Å². The molecular weight excluding hydrogens is 286 g/mol. The maximum absolute atomic E-state index is 11.8. The van der Waals surface area contributed by atoms with Crippen LogP contribution in [-0.2, 0) is 0 Å². The predicted molar refractivity (Wildman–Crippen MR) is 85.6 cm³/mol. The van der Waals surface area contributed by atoms with Gasteiger partial charge in [-0.15, -0.1) is 0 Å². The normalized spacial score (nSPS) is 18.4. The Hall–Kier alpha value is -1.11. The third kappa shape index (κ3) is 5.30. The first-order chi connectivity index (χ1) is 10.2. The van der Waals surface area contributed by atoms with E-state index in [0.717, 1.165) is 38.0 Å². The van der Waals surface area contributed by atoms with Gasteiger partial charge in [-0.2, -0.15) is 11.3 Å². The van der Waals surface area contributed by atoms with Gasteiger partial charge in [-0.25, -0.2) is 4.79 Å². The molecule has 2 heterocycles. The molecule has 1 saturated heterocycles. The van der Waals surface area contributed by atoms with E-state index in [9.17, 15) is 9.90 Å². The van der Waals surface area contributed by atoms with E-state index in [2.05, 4.69) is 22.5 Å². The Morgan fingerprint density at radius 1 is 1.52 bits per heavy atom. The molecule has 118 valence electrons. The van der Waals surface area contributed by atoms with Gasteiger partial charge in [0.25, 0.3) is 0 Å². The largest absolute Gasteiger partial charge is 0.387 e. The minimum Gasteiger partial charge on any atom is -0.387 e. The molecule has 2 rings (SSSR count). The number of rotatable bonds is 6. The molecule has 1 atom stereocenters. The SMILES string of the molecule is CCCN1CCC(NC(=O)NCC(O)c2ccsc2)CC1. The highest BCUT2D eigenvalue weighted by molar-refractivity contribution is 7.07. The van der Waals surface area contributed by atoms with Crippen molar-refractivity contribution < 1.29 is 9.90 Å². The highest BCUT2D eigenvalue weighted by Crippen LogP contribution is 2.15. The minimum absolute atomic E-state index is 0.182. The zero-order chi connectivity index (χ0) is 15.1. The lowest BCUT2D eigenvalue weighted by atomic mass is 10.1. The molecule has 1 unspecified atom stereocenters. The fourth-order valence-corrected chi connectivity index (χ4v) is 3.33. The van der Waals surface area contributed by atoms with E-state index >= 15 is 0 Å². The average molecular weight is 311 g/mol. The second-order valence-corrected chi connectivity index (χ2v) is 6.32. The van der Waals surface area contributed by atoms with Crippen LogP contribution in [0.3, 0.4) is 0 Å². The number of aliphatic hydroxyl groups is 1. The number of hydrogen-bond donors (Lipinski definition) is 3. The molecule has 0 spiro atoms. The van der Waals surface area contributed by atoms with E-state index in [1.54, 1.807) is 11.3 Å². The topological polar surface area (TPSA) is 64.6 Å². The first kappa shape index (κ1) is 16.3. The van der Waals surface area contributed by atoms with Crippen LogP contribution in [-0.4, -0.2) is 48.3 Å². The molecule has 1 aromatic rings. The number of nitrogens with zero attached hydrogens (tertiary/aromatic N) is 1. The van der Waals surface area contributed by atoms with Gasteiger partial charge in [0.2, 0.25) is 0 Å². The molecule has 1 aromatic heterocycles. The lowest BCUT2D eigenvalue weighted by Gasteiger charge is -2.32. The zero-order valence-electron chi connectivity index (χ0n) is 12.5. The summed E-state index contributed by atoms with van der Waals surface area (Å²) in [5, 5.41) is 19.5. The summed E-state index contributed by atoms with van der Waals surface area (Å²) in [6, 6.07) is 1.94.